The fourth-order valence-corrected chi connectivity index (χ4v) is 4.53. The second-order valence-corrected chi connectivity index (χ2v) is 12.5. The number of hydrogen-bond acceptors (Lipinski definition) is 4. The summed E-state index contributed by atoms with van der Waals surface area (Å²) in [5.74, 6) is -0.262. The molecule has 0 spiro atoms. The molecule has 0 aromatic carbocycles. The van der Waals surface area contributed by atoms with Crippen molar-refractivity contribution in [1.82, 2.24) is 15.0 Å². The molecule has 0 bridgehead atoms. The highest BCUT2D eigenvalue weighted by atomic mass is 16.5. The van der Waals surface area contributed by atoms with E-state index in [9.17, 15) is 4.79 Å². The standard InChI is InChI=1S/C29H55N3O2/c1-9-11-13-15-17-19-25(20-18-16-14-12-10-2)32-22-24(30-31-32)23-34-27(33)26(29(6,7)8)21-28(3,4)5/h22,25-26H,9-21,23H2,1-8H3. The van der Waals surface area contributed by atoms with Gasteiger partial charge in [0.05, 0.1) is 18.2 Å². The highest BCUT2D eigenvalue weighted by Crippen LogP contribution is 2.37. The van der Waals surface area contributed by atoms with Crippen molar-refractivity contribution >= 4 is 5.97 Å². The molecule has 0 saturated heterocycles. The third kappa shape index (κ3) is 12.9. The smallest absolute Gasteiger partial charge is 0.309 e. The summed E-state index contributed by atoms with van der Waals surface area (Å²) in [6, 6.07) is 0.392. The van der Waals surface area contributed by atoms with E-state index in [0.717, 1.165) is 25.0 Å². The Labute approximate surface area is 210 Å². The first-order valence-corrected chi connectivity index (χ1v) is 14.0. The minimum absolute atomic E-state index is 0.0710. The highest BCUT2D eigenvalue weighted by Gasteiger charge is 2.35. The second-order valence-electron chi connectivity index (χ2n) is 12.5. The van der Waals surface area contributed by atoms with Crippen LogP contribution in [0.2, 0.25) is 0 Å². The summed E-state index contributed by atoms with van der Waals surface area (Å²) in [5, 5.41) is 8.81. The molecule has 0 saturated carbocycles. The maximum atomic E-state index is 13.0. The zero-order valence-corrected chi connectivity index (χ0v) is 23.8. The van der Waals surface area contributed by atoms with Gasteiger partial charge < -0.3 is 4.74 Å². The van der Waals surface area contributed by atoms with E-state index in [1.807, 2.05) is 10.9 Å². The Morgan fingerprint density at radius 1 is 0.882 bits per heavy atom. The minimum atomic E-state index is -0.137. The van der Waals surface area contributed by atoms with Gasteiger partial charge in [-0.3, -0.25) is 4.79 Å². The summed E-state index contributed by atoms with van der Waals surface area (Å²) in [5.41, 5.74) is 0.684. The Kier molecular flexibility index (Phi) is 14.0. The molecule has 1 unspecified atom stereocenters. The van der Waals surface area contributed by atoms with Crippen molar-refractivity contribution in [2.75, 3.05) is 0 Å². The van der Waals surface area contributed by atoms with Gasteiger partial charge >= 0.3 is 5.97 Å². The lowest BCUT2D eigenvalue weighted by Crippen LogP contribution is -2.33. The number of rotatable bonds is 17. The van der Waals surface area contributed by atoms with E-state index >= 15 is 0 Å². The molecule has 0 aliphatic rings. The number of carbonyl (C=O) groups excluding carboxylic acids is 1. The average Bonchev–Trinajstić information content (AvgIpc) is 3.21. The fourth-order valence-electron chi connectivity index (χ4n) is 4.53. The predicted molar refractivity (Wildman–Crippen MR) is 143 cm³/mol. The van der Waals surface area contributed by atoms with Crippen LogP contribution in [0.25, 0.3) is 0 Å². The second kappa shape index (κ2) is 15.6. The summed E-state index contributed by atoms with van der Waals surface area (Å²) in [7, 11) is 0. The molecule has 0 fully saturated rings. The first-order chi connectivity index (χ1) is 16.0. The van der Waals surface area contributed by atoms with Crippen LogP contribution in [0.4, 0.5) is 0 Å². The van der Waals surface area contributed by atoms with Crippen LogP contribution in [0.1, 0.15) is 151 Å². The van der Waals surface area contributed by atoms with Crippen LogP contribution in [0.15, 0.2) is 6.20 Å². The number of esters is 1. The van der Waals surface area contributed by atoms with Crippen molar-refractivity contribution in [3.63, 3.8) is 0 Å². The lowest BCUT2D eigenvalue weighted by atomic mass is 9.72. The van der Waals surface area contributed by atoms with Crippen LogP contribution in [0.5, 0.6) is 0 Å². The maximum absolute atomic E-state index is 13.0. The number of unbranched alkanes of at least 4 members (excludes halogenated alkanes) is 8. The highest BCUT2D eigenvalue weighted by molar-refractivity contribution is 5.73. The van der Waals surface area contributed by atoms with Gasteiger partial charge in [0.1, 0.15) is 12.3 Å². The van der Waals surface area contributed by atoms with Crippen molar-refractivity contribution in [2.45, 2.75) is 152 Å². The SMILES string of the molecule is CCCCCCCC(CCCCCCC)n1cc(COC(=O)C(CC(C)(C)C)C(C)(C)C)nn1. The van der Waals surface area contributed by atoms with Crippen LogP contribution in [0, 0.1) is 16.7 Å². The molecule has 0 N–H and O–H groups in total. The topological polar surface area (TPSA) is 57.0 Å². The first-order valence-electron chi connectivity index (χ1n) is 14.0. The van der Waals surface area contributed by atoms with E-state index in [4.69, 9.17) is 4.74 Å². The molecule has 1 heterocycles. The monoisotopic (exact) mass is 477 g/mol. The van der Waals surface area contributed by atoms with Gasteiger partial charge in [0.25, 0.3) is 0 Å². The molecule has 198 valence electrons. The molecule has 1 aromatic rings. The molecule has 34 heavy (non-hydrogen) atoms. The van der Waals surface area contributed by atoms with Gasteiger partial charge in [0.15, 0.2) is 0 Å². The van der Waals surface area contributed by atoms with Crippen LogP contribution >= 0.6 is 0 Å². The van der Waals surface area contributed by atoms with Crippen LogP contribution in [-0.4, -0.2) is 21.0 Å². The fraction of sp³-hybridized carbons (Fsp3) is 0.897. The van der Waals surface area contributed by atoms with Crippen molar-refractivity contribution in [2.24, 2.45) is 16.7 Å². The van der Waals surface area contributed by atoms with E-state index in [1.54, 1.807) is 0 Å². The van der Waals surface area contributed by atoms with E-state index in [0.29, 0.717) is 6.04 Å². The van der Waals surface area contributed by atoms with Crippen LogP contribution in [-0.2, 0) is 16.1 Å². The van der Waals surface area contributed by atoms with Crippen molar-refractivity contribution in [3.05, 3.63) is 11.9 Å². The number of carbonyl (C=O) groups is 1. The van der Waals surface area contributed by atoms with Gasteiger partial charge in [-0.15, -0.1) is 5.10 Å². The van der Waals surface area contributed by atoms with Gasteiger partial charge in [-0.1, -0.05) is 125 Å². The molecule has 5 nitrogen and oxygen atoms in total. The van der Waals surface area contributed by atoms with Crippen LogP contribution in [0.3, 0.4) is 0 Å². The predicted octanol–water partition coefficient (Wildman–Crippen LogP) is 8.68. The first kappa shape index (κ1) is 30.6. The quantitative estimate of drug-likeness (QED) is 0.166. The third-order valence-electron chi connectivity index (χ3n) is 6.72. The molecular formula is C29H55N3O2. The Morgan fingerprint density at radius 3 is 1.88 bits per heavy atom. The summed E-state index contributed by atoms with van der Waals surface area (Å²) >= 11 is 0. The molecule has 1 rings (SSSR count). The van der Waals surface area contributed by atoms with E-state index < -0.39 is 0 Å². The van der Waals surface area contributed by atoms with Gasteiger partial charge in [-0.25, -0.2) is 4.68 Å². The molecule has 0 aliphatic carbocycles. The lowest BCUT2D eigenvalue weighted by molar-refractivity contribution is -0.155. The molecular weight excluding hydrogens is 422 g/mol. The Bertz CT molecular complexity index is 656. The normalized spacial score (nSPS) is 13.4. The lowest BCUT2D eigenvalue weighted by Gasteiger charge is -2.33. The zero-order chi connectivity index (χ0) is 25.6. The zero-order valence-electron chi connectivity index (χ0n) is 23.8. The molecule has 0 aliphatic heterocycles. The van der Waals surface area contributed by atoms with Crippen molar-refractivity contribution < 1.29 is 9.53 Å². The number of hydrogen-bond donors (Lipinski definition) is 0. The number of ether oxygens (including phenoxy) is 1. The van der Waals surface area contributed by atoms with E-state index in [1.165, 1.54) is 64.2 Å². The molecule has 0 radical (unpaired) electrons. The number of nitrogens with zero attached hydrogens (tertiary/aromatic N) is 3. The van der Waals surface area contributed by atoms with Gasteiger partial charge in [0, 0.05) is 0 Å². The van der Waals surface area contributed by atoms with Crippen molar-refractivity contribution in [1.29, 1.82) is 0 Å². The molecule has 0 amide bonds. The molecule has 1 atom stereocenters. The van der Waals surface area contributed by atoms with Crippen molar-refractivity contribution in [3.8, 4) is 0 Å². The number of aromatic nitrogens is 3. The third-order valence-corrected chi connectivity index (χ3v) is 6.72. The molecule has 1 aromatic heterocycles. The van der Waals surface area contributed by atoms with Gasteiger partial charge in [-0.2, -0.15) is 0 Å². The van der Waals surface area contributed by atoms with Crippen LogP contribution < -0.4 is 0 Å². The Balaban J connectivity index is 2.71. The summed E-state index contributed by atoms with van der Waals surface area (Å²) in [6.45, 7) is 17.6. The Morgan fingerprint density at radius 2 is 1.41 bits per heavy atom. The van der Waals surface area contributed by atoms with Gasteiger partial charge in [-0.05, 0) is 30.1 Å². The van der Waals surface area contributed by atoms with E-state index in [-0.39, 0.29) is 29.3 Å². The summed E-state index contributed by atoms with van der Waals surface area (Å²) in [6.07, 6.45) is 18.0. The maximum Gasteiger partial charge on any atom is 0.309 e. The Hall–Kier alpha value is -1.39. The van der Waals surface area contributed by atoms with Gasteiger partial charge in [0.2, 0.25) is 0 Å². The van der Waals surface area contributed by atoms with E-state index in [2.05, 4.69) is 65.7 Å². The average molecular weight is 478 g/mol. The summed E-state index contributed by atoms with van der Waals surface area (Å²) < 4.78 is 7.79. The summed E-state index contributed by atoms with van der Waals surface area (Å²) in [4.78, 5) is 13.0. The minimum Gasteiger partial charge on any atom is -0.459 e. The molecule has 5 heteroatoms. The largest absolute Gasteiger partial charge is 0.459 e.